The highest BCUT2D eigenvalue weighted by atomic mass is 79.9. The van der Waals surface area contributed by atoms with Crippen LogP contribution < -0.4 is 32.0 Å². The Kier molecular flexibility index (Phi) is 11.0. The number of rotatable bonds is 10. The van der Waals surface area contributed by atoms with Crippen LogP contribution in [-0.2, 0) is 23.5 Å². The highest BCUT2D eigenvalue weighted by Crippen LogP contribution is 2.41. The minimum absolute atomic E-state index is 0. The molecule has 5 rings (SSSR count). The van der Waals surface area contributed by atoms with Crippen LogP contribution in [0.3, 0.4) is 0 Å². The molecule has 0 aliphatic rings. The Morgan fingerprint density at radius 3 is 2.45 bits per heavy atom. The van der Waals surface area contributed by atoms with Crippen LogP contribution in [0.15, 0.2) is 72.6 Å². The molecule has 0 unspecified atom stereocenters. The summed E-state index contributed by atoms with van der Waals surface area (Å²) in [6.45, 7) is 7.26. The second kappa shape index (κ2) is 14.6. The summed E-state index contributed by atoms with van der Waals surface area (Å²) < 4.78 is 38.0. The second-order valence-corrected chi connectivity index (χ2v) is 12.3. The van der Waals surface area contributed by atoms with Gasteiger partial charge < -0.3 is 32.6 Å². The molecule has 0 radical (unpaired) electrons. The number of halogens is 3. The third kappa shape index (κ3) is 7.80. The van der Waals surface area contributed by atoms with Crippen LogP contribution in [0, 0.1) is 36.8 Å². The Morgan fingerprint density at radius 1 is 1.15 bits per heavy atom. The van der Waals surface area contributed by atoms with Gasteiger partial charge in [0.05, 0.1) is 28.9 Å². The lowest BCUT2D eigenvalue weighted by Gasteiger charge is -2.32. The number of hydrogen-bond acceptors (Lipinski definition) is 8. The summed E-state index contributed by atoms with van der Waals surface area (Å²) in [5.41, 5.74) is 8.14. The maximum absolute atomic E-state index is 15.3. The predicted molar refractivity (Wildman–Crippen MR) is 168 cm³/mol. The number of nitrogens with two attached hydrogens (primary N) is 1. The number of aromatic nitrogens is 4. The van der Waals surface area contributed by atoms with Crippen molar-refractivity contribution >= 4 is 17.3 Å². The zero-order valence-corrected chi connectivity index (χ0v) is 28.5. The molecule has 5 aromatic rings. The Hall–Kier alpha value is -4.35. The zero-order chi connectivity index (χ0) is 33.2. The van der Waals surface area contributed by atoms with E-state index in [9.17, 15) is 14.3 Å². The van der Waals surface area contributed by atoms with Crippen molar-refractivity contribution in [1.82, 2.24) is 14.8 Å². The lowest BCUT2D eigenvalue weighted by Crippen LogP contribution is -3.00. The molecular weight excluding hydrogens is 690 g/mol. The number of carbonyl (C=O) groups is 1. The van der Waals surface area contributed by atoms with E-state index in [4.69, 9.17) is 20.7 Å². The topological polar surface area (TPSA) is 131 Å². The van der Waals surface area contributed by atoms with E-state index in [2.05, 4.69) is 11.2 Å². The van der Waals surface area contributed by atoms with Crippen LogP contribution >= 0.6 is 11.3 Å². The van der Waals surface area contributed by atoms with Gasteiger partial charge in [-0.25, -0.2) is 23.1 Å². The third-order valence-electron chi connectivity index (χ3n) is 7.81. The predicted octanol–water partition coefficient (Wildman–Crippen LogP) is 2.06. The third-order valence-corrected chi connectivity index (χ3v) is 8.84. The molecule has 0 aliphatic heterocycles. The summed E-state index contributed by atoms with van der Waals surface area (Å²) in [6.07, 6.45) is 3.28. The van der Waals surface area contributed by atoms with Gasteiger partial charge in [-0.05, 0) is 67.8 Å². The van der Waals surface area contributed by atoms with E-state index in [1.54, 1.807) is 55.3 Å². The molecule has 0 aliphatic carbocycles. The van der Waals surface area contributed by atoms with Crippen molar-refractivity contribution < 1.29 is 45.0 Å². The van der Waals surface area contributed by atoms with Gasteiger partial charge in [0.15, 0.2) is 0 Å². The lowest BCUT2D eigenvalue weighted by atomic mass is 9.82. The molecule has 0 fully saturated rings. The Balaban J connectivity index is 0.00000500. The number of thiazole rings is 1. The number of aliphatic hydroxyl groups is 1. The van der Waals surface area contributed by atoms with E-state index in [-0.39, 0.29) is 29.1 Å². The van der Waals surface area contributed by atoms with E-state index < -0.39 is 35.2 Å². The van der Waals surface area contributed by atoms with Crippen molar-refractivity contribution in [2.24, 2.45) is 5.73 Å². The summed E-state index contributed by atoms with van der Waals surface area (Å²) >= 11 is 1.31. The number of ether oxygens (including phenoxy) is 1. The van der Waals surface area contributed by atoms with Gasteiger partial charge >= 0.3 is 5.97 Å². The Bertz CT molecular complexity index is 1920. The average molecular weight is 724 g/mol. The molecule has 0 saturated carbocycles. The van der Waals surface area contributed by atoms with Crippen LogP contribution in [0.4, 0.5) is 8.78 Å². The van der Waals surface area contributed by atoms with E-state index in [1.165, 1.54) is 22.1 Å². The first-order chi connectivity index (χ1) is 21.9. The van der Waals surface area contributed by atoms with Crippen LogP contribution in [0.2, 0.25) is 0 Å². The Morgan fingerprint density at radius 2 is 1.83 bits per heavy atom. The molecule has 0 amide bonds. The molecule has 13 heteroatoms. The molecular formula is C34H33BrF2N6O3S. The van der Waals surface area contributed by atoms with Gasteiger partial charge in [0, 0.05) is 33.6 Å². The van der Waals surface area contributed by atoms with E-state index in [0.717, 1.165) is 34.4 Å². The smallest absolute Gasteiger partial charge is 0.328 e. The van der Waals surface area contributed by atoms with Crippen LogP contribution in [0.1, 0.15) is 52.6 Å². The SMILES string of the molecule is Cc1cc(C[n+]2cnn(C[C@](O)(c3ccc(F)cc3F)[C@@H](C)c3nc(-c4ccc(C#N)cc4)cs3)c2)cc(C)c1OC(=O)[C@H](C)N.[Br-]. The number of hydrogen-bond donors (Lipinski definition) is 2. The van der Waals surface area contributed by atoms with Gasteiger partial charge in [-0.15, -0.1) is 16.0 Å². The average Bonchev–Trinajstić information content (AvgIpc) is 3.68. The van der Waals surface area contributed by atoms with E-state index in [0.29, 0.717) is 28.6 Å². The highest BCUT2D eigenvalue weighted by Gasteiger charge is 2.43. The molecule has 0 bridgehead atoms. The summed E-state index contributed by atoms with van der Waals surface area (Å²) in [6, 6.07) is 15.2. The van der Waals surface area contributed by atoms with Crippen molar-refractivity contribution in [3.05, 3.63) is 117 Å². The molecule has 47 heavy (non-hydrogen) atoms. The number of esters is 1. The normalized spacial score (nSPS) is 13.6. The molecule has 3 atom stereocenters. The summed E-state index contributed by atoms with van der Waals surface area (Å²) in [5.74, 6) is -2.41. The first-order valence-electron chi connectivity index (χ1n) is 14.5. The molecule has 9 nitrogen and oxygen atoms in total. The fourth-order valence-electron chi connectivity index (χ4n) is 5.31. The van der Waals surface area contributed by atoms with Crippen molar-refractivity contribution in [3.8, 4) is 23.1 Å². The number of aryl methyl sites for hydroxylation is 2. The fourth-order valence-corrected chi connectivity index (χ4v) is 6.28. The summed E-state index contributed by atoms with van der Waals surface area (Å²) in [5, 5.41) is 28.2. The molecule has 3 N–H and O–H groups in total. The van der Waals surface area contributed by atoms with Crippen molar-refractivity contribution in [2.75, 3.05) is 0 Å². The second-order valence-electron chi connectivity index (χ2n) is 11.4. The number of benzene rings is 3. The minimum atomic E-state index is -1.86. The molecule has 0 saturated heterocycles. The molecule has 244 valence electrons. The van der Waals surface area contributed by atoms with Crippen LogP contribution in [0.5, 0.6) is 5.75 Å². The lowest BCUT2D eigenvalue weighted by molar-refractivity contribution is -0.689. The van der Waals surface area contributed by atoms with Crippen LogP contribution in [-0.4, -0.2) is 31.9 Å². The van der Waals surface area contributed by atoms with Gasteiger partial charge in [0.2, 0.25) is 6.33 Å². The summed E-state index contributed by atoms with van der Waals surface area (Å²) in [7, 11) is 0. The monoisotopic (exact) mass is 722 g/mol. The number of nitriles is 1. The van der Waals surface area contributed by atoms with E-state index >= 15 is 4.39 Å². The Labute approximate surface area is 285 Å². The minimum Gasteiger partial charge on any atom is -1.00 e. The largest absolute Gasteiger partial charge is 1.00 e. The molecule has 3 aromatic carbocycles. The zero-order valence-electron chi connectivity index (χ0n) is 26.1. The maximum Gasteiger partial charge on any atom is 0.328 e. The van der Waals surface area contributed by atoms with Crippen LogP contribution in [0.25, 0.3) is 11.3 Å². The van der Waals surface area contributed by atoms with Gasteiger partial charge in [0.1, 0.15) is 35.6 Å². The van der Waals surface area contributed by atoms with Crippen molar-refractivity contribution in [2.45, 2.75) is 58.3 Å². The summed E-state index contributed by atoms with van der Waals surface area (Å²) in [4.78, 5) is 16.8. The molecule has 0 spiro atoms. The van der Waals surface area contributed by atoms with E-state index in [1.807, 2.05) is 31.4 Å². The molecule has 2 aromatic heterocycles. The van der Waals surface area contributed by atoms with Gasteiger partial charge in [-0.1, -0.05) is 25.1 Å². The maximum atomic E-state index is 15.3. The van der Waals surface area contributed by atoms with Gasteiger partial charge in [0.25, 0.3) is 6.33 Å². The number of carbonyl (C=O) groups excluding carboxylic acids is 1. The fraction of sp³-hybridized carbons (Fsp3) is 0.265. The standard InChI is InChI=1S/C34H33F2N6O3S.BrH/c1-20-11-25(12-21(2)31(20)45-33(43)23(4)38)15-41-18-39-42(19-41)17-34(44,28-10-9-27(35)13-29(28)36)22(3)32-40-30(16-46-32)26-7-5-24(14-37)6-8-26;/h5-13,16,18-19,22-23,44H,15,17,38H2,1-4H3;1H/q+1;/p-1/t22-,23-,34+;/m0./s1. The van der Waals surface area contributed by atoms with Gasteiger partial charge in [-0.3, -0.25) is 0 Å². The first kappa shape index (κ1) is 35.5. The van der Waals surface area contributed by atoms with Crippen molar-refractivity contribution in [3.63, 3.8) is 0 Å². The quantitative estimate of drug-likeness (QED) is 0.128. The highest BCUT2D eigenvalue weighted by molar-refractivity contribution is 7.10. The molecule has 2 heterocycles. The first-order valence-corrected chi connectivity index (χ1v) is 15.4. The van der Waals surface area contributed by atoms with Gasteiger partial charge in [-0.2, -0.15) is 5.26 Å². The van der Waals surface area contributed by atoms with Crippen molar-refractivity contribution in [1.29, 1.82) is 5.26 Å². The number of nitrogens with zero attached hydrogens (tertiary/aromatic N) is 5.